The number of nitrogens with zero attached hydrogens (tertiary/aromatic N) is 2. The number of carboxylic acid groups (broad SMARTS) is 1. The van der Waals surface area contributed by atoms with E-state index >= 15 is 0 Å². The lowest BCUT2D eigenvalue weighted by Gasteiger charge is -2.09. The standard InChI is InChI=1S/C12H15N3O3S/c1-3-5-8-7(6-13)10(16)15-12(14-8)19-9(4-2)11(17)18/h9H,3-5H2,1-2H3,(H,17,18)(H,14,15,16). The Morgan fingerprint density at radius 2 is 2.26 bits per heavy atom. The van der Waals surface area contributed by atoms with Gasteiger partial charge in [0.1, 0.15) is 16.9 Å². The molecule has 0 fully saturated rings. The van der Waals surface area contributed by atoms with Crippen LogP contribution in [0.15, 0.2) is 9.95 Å². The first-order chi connectivity index (χ1) is 9.03. The van der Waals surface area contributed by atoms with Crippen molar-refractivity contribution in [3.63, 3.8) is 0 Å². The van der Waals surface area contributed by atoms with E-state index in [1.165, 1.54) is 0 Å². The third kappa shape index (κ3) is 3.83. The van der Waals surface area contributed by atoms with E-state index in [2.05, 4.69) is 9.97 Å². The van der Waals surface area contributed by atoms with Crippen LogP contribution in [0.3, 0.4) is 0 Å². The molecule has 1 atom stereocenters. The molecule has 0 radical (unpaired) electrons. The van der Waals surface area contributed by atoms with Crippen molar-refractivity contribution in [2.75, 3.05) is 0 Å². The summed E-state index contributed by atoms with van der Waals surface area (Å²) in [5.41, 5.74) is -0.0743. The molecule has 1 heterocycles. The van der Waals surface area contributed by atoms with E-state index in [0.717, 1.165) is 18.2 Å². The highest BCUT2D eigenvalue weighted by Crippen LogP contribution is 2.22. The molecule has 0 amide bonds. The molecule has 0 aromatic carbocycles. The van der Waals surface area contributed by atoms with Gasteiger partial charge in [0.2, 0.25) is 0 Å². The summed E-state index contributed by atoms with van der Waals surface area (Å²) in [6.45, 7) is 3.67. The minimum Gasteiger partial charge on any atom is -0.480 e. The molecule has 0 bridgehead atoms. The second-order valence-electron chi connectivity index (χ2n) is 3.91. The first-order valence-electron chi connectivity index (χ1n) is 5.96. The van der Waals surface area contributed by atoms with E-state index < -0.39 is 16.8 Å². The van der Waals surface area contributed by atoms with Gasteiger partial charge < -0.3 is 10.1 Å². The number of aryl methyl sites for hydroxylation is 1. The van der Waals surface area contributed by atoms with Gasteiger partial charge in [-0.3, -0.25) is 9.59 Å². The number of aromatic nitrogens is 2. The Morgan fingerprint density at radius 1 is 1.58 bits per heavy atom. The van der Waals surface area contributed by atoms with E-state index in [1.54, 1.807) is 6.92 Å². The number of aliphatic carboxylic acids is 1. The number of H-pyrrole nitrogens is 1. The Labute approximate surface area is 114 Å². The van der Waals surface area contributed by atoms with Gasteiger partial charge in [-0.2, -0.15) is 5.26 Å². The molecule has 0 spiro atoms. The fourth-order valence-electron chi connectivity index (χ4n) is 1.53. The van der Waals surface area contributed by atoms with Crippen molar-refractivity contribution in [3.05, 3.63) is 21.6 Å². The number of rotatable bonds is 6. The summed E-state index contributed by atoms with van der Waals surface area (Å²) in [5, 5.41) is 17.5. The summed E-state index contributed by atoms with van der Waals surface area (Å²) in [4.78, 5) is 29.3. The molecule has 0 aliphatic heterocycles. The topological polar surface area (TPSA) is 107 Å². The molecule has 6 nitrogen and oxygen atoms in total. The Balaban J connectivity index is 3.14. The summed E-state index contributed by atoms with van der Waals surface area (Å²) in [6, 6.07) is 1.83. The molecule has 2 N–H and O–H groups in total. The molecule has 19 heavy (non-hydrogen) atoms. The molecule has 0 aliphatic carbocycles. The molecular weight excluding hydrogens is 266 g/mol. The molecule has 0 aliphatic rings. The lowest BCUT2D eigenvalue weighted by atomic mass is 10.1. The number of nitriles is 1. The van der Waals surface area contributed by atoms with Crippen molar-refractivity contribution in [1.29, 1.82) is 5.26 Å². The Hall–Kier alpha value is -1.81. The molecule has 102 valence electrons. The number of hydrogen-bond donors (Lipinski definition) is 2. The van der Waals surface area contributed by atoms with Gasteiger partial charge in [-0.05, 0) is 12.8 Å². The fraction of sp³-hybridized carbons (Fsp3) is 0.500. The summed E-state index contributed by atoms with van der Waals surface area (Å²) in [7, 11) is 0. The Bertz CT molecular complexity index is 562. The fourth-order valence-corrected chi connectivity index (χ4v) is 2.38. The maximum Gasteiger partial charge on any atom is 0.317 e. The van der Waals surface area contributed by atoms with Gasteiger partial charge in [0.15, 0.2) is 5.16 Å². The van der Waals surface area contributed by atoms with Crippen molar-refractivity contribution >= 4 is 17.7 Å². The summed E-state index contributed by atoms with van der Waals surface area (Å²) in [5.74, 6) is -0.948. The first-order valence-corrected chi connectivity index (χ1v) is 6.84. The van der Waals surface area contributed by atoms with E-state index in [9.17, 15) is 9.59 Å². The lowest BCUT2D eigenvalue weighted by molar-refractivity contribution is -0.136. The molecule has 1 aromatic heterocycles. The van der Waals surface area contributed by atoms with Crippen LogP contribution in [0.25, 0.3) is 0 Å². The number of carboxylic acids is 1. The minimum absolute atomic E-state index is 0.00886. The average molecular weight is 281 g/mol. The lowest BCUT2D eigenvalue weighted by Crippen LogP contribution is -2.20. The number of nitrogens with one attached hydrogen (secondary N) is 1. The van der Waals surface area contributed by atoms with Crippen LogP contribution in [-0.4, -0.2) is 26.3 Å². The van der Waals surface area contributed by atoms with Crippen LogP contribution in [0.5, 0.6) is 0 Å². The average Bonchev–Trinajstić information content (AvgIpc) is 2.35. The molecule has 0 saturated heterocycles. The van der Waals surface area contributed by atoms with E-state index in [4.69, 9.17) is 10.4 Å². The third-order valence-electron chi connectivity index (χ3n) is 2.47. The van der Waals surface area contributed by atoms with E-state index in [1.807, 2.05) is 13.0 Å². The number of aromatic amines is 1. The van der Waals surface area contributed by atoms with E-state index in [0.29, 0.717) is 18.5 Å². The van der Waals surface area contributed by atoms with Crippen molar-refractivity contribution < 1.29 is 9.90 Å². The number of carbonyl (C=O) groups is 1. The van der Waals surface area contributed by atoms with Gasteiger partial charge in [0, 0.05) is 0 Å². The smallest absolute Gasteiger partial charge is 0.317 e. The van der Waals surface area contributed by atoms with Crippen LogP contribution >= 0.6 is 11.8 Å². The molecular formula is C12H15N3O3S. The molecule has 7 heteroatoms. The maximum absolute atomic E-state index is 11.7. The SMILES string of the molecule is CCCc1nc(SC(CC)C(=O)O)[nH]c(=O)c1C#N. The molecule has 0 saturated carbocycles. The normalized spacial score (nSPS) is 11.8. The second-order valence-corrected chi connectivity index (χ2v) is 5.10. The molecule has 1 unspecified atom stereocenters. The van der Waals surface area contributed by atoms with Gasteiger partial charge in [0.05, 0.1) is 5.69 Å². The largest absolute Gasteiger partial charge is 0.480 e. The monoisotopic (exact) mass is 281 g/mol. The zero-order valence-corrected chi connectivity index (χ0v) is 11.6. The predicted octanol–water partition coefficient (Wildman–Crippen LogP) is 1.55. The number of thioether (sulfide) groups is 1. The molecule has 1 aromatic rings. The van der Waals surface area contributed by atoms with Gasteiger partial charge in [-0.15, -0.1) is 0 Å². The first kappa shape index (κ1) is 15.2. The van der Waals surface area contributed by atoms with Crippen molar-refractivity contribution in [2.45, 2.75) is 43.5 Å². The number of hydrogen-bond acceptors (Lipinski definition) is 5. The quantitative estimate of drug-likeness (QED) is 0.605. The zero-order chi connectivity index (χ0) is 14.4. The van der Waals surface area contributed by atoms with E-state index in [-0.39, 0.29) is 10.7 Å². The van der Waals surface area contributed by atoms with Crippen LogP contribution in [0.2, 0.25) is 0 Å². The van der Waals surface area contributed by atoms with Crippen LogP contribution < -0.4 is 5.56 Å². The highest BCUT2D eigenvalue weighted by atomic mass is 32.2. The van der Waals surface area contributed by atoms with Crippen LogP contribution in [0.4, 0.5) is 0 Å². The molecule has 1 rings (SSSR count). The third-order valence-corrected chi connectivity index (χ3v) is 3.71. The minimum atomic E-state index is -0.948. The summed E-state index contributed by atoms with van der Waals surface area (Å²) < 4.78 is 0. The van der Waals surface area contributed by atoms with Crippen LogP contribution in [0.1, 0.15) is 37.9 Å². The van der Waals surface area contributed by atoms with Crippen molar-refractivity contribution in [1.82, 2.24) is 9.97 Å². The summed E-state index contributed by atoms with van der Waals surface area (Å²) >= 11 is 0.995. The van der Waals surface area contributed by atoms with Crippen molar-refractivity contribution in [3.8, 4) is 6.07 Å². The second kappa shape index (κ2) is 6.95. The van der Waals surface area contributed by atoms with Crippen LogP contribution in [0, 0.1) is 11.3 Å². The zero-order valence-electron chi connectivity index (χ0n) is 10.8. The maximum atomic E-state index is 11.7. The van der Waals surface area contributed by atoms with Gasteiger partial charge in [-0.1, -0.05) is 32.0 Å². The predicted molar refractivity (Wildman–Crippen MR) is 71.1 cm³/mol. The van der Waals surface area contributed by atoms with Crippen molar-refractivity contribution in [2.24, 2.45) is 0 Å². The Morgan fingerprint density at radius 3 is 2.74 bits per heavy atom. The highest BCUT2D eigenvalue weighted by molar-refractivity contribution is 8.00. The van der Waals surface area contributed by atoms with Gasteiger partial charge >= 0.3 is 5.97 Å². The van der Waals surface area contributed by atoms with Gasteiger partial charge in [0.25, 0.3) is 5.56 Å². The summed E-state index contributed by atoms with van der Waals surface area (Å²) in [6.07, 6.45) is 1.70. The highest BCUT2D eigenvalue weighted by Gasteiger charge is 2.19. The van der Waals surface area contributed by atoms with Gasteiger partial charge in [-0.25, -0.2) is 4.98 Å². The Kier molecular flexibility index (Phi) is 5.57. The van der Waals surface area contributed by atoms with Crippen LogP contribution in [-0.2, 0) is 11.2 Å².